The molecule has 3 aliphatic rings. The highest BCUT2D eigenvalue weighted by Crippen LogP contribution is 2.29. The van der Waals surface area contributed by atoms with Gasteiger partial charge in [0.2, 0.25) is 0 Å². The molecule has 1 aromatic carbocycles. The van der Waals surface area contributed by atoms with Gasteiger partial charge in [0.05, 0.1) is 0 Å². The summed E-state index contributed by atoms with van der Waals surface area (Å²) >= 11 is 0. The van der Waals surface area contributed by atoms with Gasteiger partial charge in [0.1, 0.15) is 5.78 Å². The zero-order valence-electron chi connectivity index (χ0n) is 26.2. The molecule has 3 atom stereocenters. The molecule has 0 spiro atoms. The zero-order valence-corrected chi connectivity index (χ0v) is 26.2. The number of fused-ring (bicyclic) bond motifs is 5. The predicted molar refractivity (Wildman–Crippen MR) is 170 cm³/mol. The molecular formula is C36H55N3O2. The molecule has 4 bridgehead atoms. The van der Waals surface area contributed by atoms with Gasteiger partial charge in [0, 0.05) is 55.9 Å². The highest BCUT2D eigenvalue weighted by atomic mass is 16.1. The molecule has 3 unspecified atom stereocenters. The molecule has 0 N–H and O–H groups in total. The summed E-state index contributed by atoms with van der Waals surface area (Å²) in [6.45, 7) is 20.2. The van der Waals surface area contributed by atoms with E-state index in [0.29, 0.717) is 36.7 Å². The minimum atomic E-state index is 0.302. The van der Waals surface area contributed by atoms with Crippen molar-refractivity contribution in [3.8, 4) is 0 Å². The quantitative estimate of drug-likeness (QED) is 0.370. The molecule has 3 heterocycles. The number of Topliss-reactive ketones (excluding diaryl/α,β-unsaturated/α-hetero) is 2. The third-order valence-electron chi connectivity index (χ3n) is 9.81. The molecule has 3 aliphatic heterocycles. The topological polar surface area (TPSA) is 43.9 Å². The maximum Gasteiger partial charge on any atom is 0.162 e. The summed E-state index contributed by atoms with van der Waals surface area (Å²) < 4.78 is 0. The van der Waals surface area contributed by atoms with Crippen molar-refractivity contribution < 1.29 is 9.59 Å². The van der Waals surface area contributed by atoms with Crippen LogP contribution in [0.25, 0.3) is 0 Å². The molecule has 4 rings (SSSR count). The van der Waals surface area contributed by atoms with Gasteiger partial charge in [-0.05, 0) is 132 Å². The van der Waals surface area contributed by atoms with Gasteiger partial charge in [-0.25, -0.2) is 0 Å². The van der Waals surface area contributed by atoms with Crippen LogP contribution >= 0.6 is 0 Å². The summed E-state index contributed by atoms with van der Waals surface area (Å²) in [5.41, 5.74) is 7.16. The second kappa shape index (κ2) is 15.8. The van der Waals surface area contributed by atoms with Gasteiger partial charge < -0.3 is 14.7 Å². The lowest BCUT2D eigenvalue weighted by molar-refractivity contribution is -0.120. The fraction of sp³-hybridized carbons (Fsp3) is 0.667. The minimum absolute atomic E-state index is 0.302. The van der Waals surface area contributed by atoms with Crippen LogP contribution in [0.5, 0.6) is 0 Å². The van der Waals surface area contributed by atoms with Gasteiger partial charge in [-0.1, -0.05) is 26.5 Å². The van der Waals surface area contributed by atoms with Crippen molar-refractivity contribution in [2.24, 2.45) is 5.92 Å². The lowest BCUT2D eigenvalue weighted by atomic mass is 9.89. The van der Waals surface area contributed by atoms with Gasteiger partial charge in [-0.15, -0.1) is 0 Å². The van der Waals surface area contributed by atoms with E-state index in [-0.39, 0.29) is 0 Å². The van der Waals surface area contributed by atoms with Crippen LogP contribution in [-0.2, 0) is 17.6 Å². The van der Waals surface area contributed by atoms with Crippen molar-refractivity contribution >= 4 is 11.6 Å². The second-order valence-corrected chi connectivity index (χ2v) is 12.9. The Kier molecular flexibility index (Phi) is 12.2. The van der Waals surface area contributed by atoms with Crippen LogP contribution in [0.15, 0.2) is 36.7 Å². The first-order valence-corrected chi connectivity index (χ1v) is 16.6. The molecule has 0 saturated carbocycles. The van der Waals surface area contributed by atoms with E-state index in [9.17, 15) is 9.59 Å². The third kappa shape index (κ3) is 9.38. The first-order valence-electron chi connectivity index (χ1n) is 16.6. The van der Waals surface area contributed by atoms with E-state index < -0.39 is 0 Å². The van der Waals surface area contributed by atoms with Crippen LogP contribution in [0, 0.1) is 12.8 Å². The molecule has 5 heteroatoms. The Morgan fingerprint density at radius 1 is 0.829 bits per heavy atom. The van der Waals surface area contributed by atoms with Crippen LogP contribution in [0.4, 0.5) is 0 Å². The Morgan fingerprint density at radius 2 is 1.51 bits per heavy atom. The molecule has 5 nitrogen and oxygen atoms in total. The van der Waals surface area contributed by atoms with Gasteiger partial charge in [-0.3, -0.25) is 9.59 Å². The first kappa shape index (κ1) is 31.7. The van der Waals surface area contributed by atoms with Gasteiger partial charge in [-0.2, -0.15) is 0 Å². The van der Waals surface area contributed by atoms with Crippen molar-refractivity contribution in [1.29, 1.82) is 0 Å². The number of ketones is 2. The summed E-state index contributed by atoms with van der Waals surface area (Å²) in [5.74, 6) is 1.13. The number of allylic oxidation sites excluding steroid dienone is 2. The molecule has 226 valence electrons. The Hall–Kier alpha value is -2.24. The monoisotopic (exact) mass is 561 g/mol. The van der Waals surface area contributed by atoms with Gasteiger partial charge >= 0.3 is 0 Å². The van der Waals surface area contributed by atoms with E-state index in [1.54, 1.807) is 0 Å². The average Bonchev–Trinajstić information content (AvgIpc) is 3.12. The summed E-state index contributed by atoms with van der Waals surface area (Å²) in [5, 5.41) is 0. The smallest absolute Gasteiger partial charge is 0.162 e. The van der Waals surface area contributed by atoms with Gasteiger partial charge in [0.25, 0.3) is 0 Å². The highest BCUT2D eigenvalue weighted by molar-refractivity contribution is 5.96. The molecule has 2 saturated heterocycles. The van der Waals surface area contributed by atoms with Gasteiger partial charge in [0.15, 0.2) is 5.78 Å². The SMILES string of the molecule is C=C1CCC(=C)N1CCC(=O)CC1CCCCc2cc(cc(C)c2CC)C(=O)CCCCN2CCCN(CC1)CC2. The van der Waals surface area contributed by atoms with Crippen LogP contribution < -0.4 is 0 Å². The fourth-order valence-corrected chi connectivity index (χ4v) is 7.24. The van der Waals surface area contributed by atoms with E-state index >= 15 is 0 Å². The number of benzene rings is 1. The number of hydrogen-bond donors (Lipinski definition) is 0. The van der Waals surface area contributed by atoms with E-state index in [2.05, 4.69) is 53.8 Å². The fourth-order valence-electron chi connectivity index (χ4n) is 7.24. The average molecular weight is 562 g/mol. The molecular weight excluding hydrogens is 506 g/mol. The lowest BCUT2D eigenvalue weighted by Gasteiger charge is -2.25. The Balaban J connectivity index is 1.42. The van der Waals surface area contributed by atoms with Crippen LogP contribution in [-0.4, -0.2) is 72.1 Å². The van der Waals surface area contributed by atoms with Crippen molar-refractivity contribution in [3.63, 3.8) is 0 Å². The minimum Gasteiger partial charge on any atom is -0.349 e. The van der Waals surface area contributed by atoms with E-state index in [0.717, 1.165) is 127 Å². The molecule has 0 aromatic heterocycles. The Morgan fingerprint density at radius 3 is 2.24 bits per heavy atom. The van der Waals surface area contributed by atoms with Crippen molar-refractivity contribution in [1.82, 2.24) is 14.7 Å². The number of aryl methyl sites for hydroxylation is 2. The number of carbonyl (C=O) groups excluding carboxylic acids is 2. The summed E-state index contributed by atoms with van der Waals surface area (Å²) in [7, 11) is 0. The first-order chi connectivity index (χ1) is 19.8. The standard InChI is InChI=1S/C36H55N3O2/c1-5-35-28(2)25-33-27-32(35)12-7-6-11-31(26-34(40)17-22-39-29(3)14-15-30(39)4)16-21-38-20-10-19-37(23-24-38)18-9-8-13-36(33)41/h25,27,31H,3-24,26H2,1-2H3. The molecule has 2 fully saturated rings. The summed E-state index contributed by atoms with van der Waals surface area (Å²) in [6.07, 6.45) is 13.6. The van der Waals surface area contributed by atoms with Crippen LogP contribution in [0.1, 0.15) is 111 Å². The molecule has 0 aliphatic carbocycles. The largest absolute Gasteiger partial charge is 0.349 e. The maximum atomic E-state index is 13.2. The number of carbonyl (C=O) groups is 2. The summed E-state index contributed by atoms with van der Waals surface area (Å²) in [6, 6.07) is 4.33. The molecule has 0 amide bonds. The van der Waals surface area contributed by atoms with Crippen LogP contribution in [0.3, 0.4) is 0 Å². The number of likely N-dealkylation sites (tertiary alicyclic amines) is 1. The third-order valence-corrected chi connectivity index (χ3v) is 9.81. The Bertz CT molecular complexity index is 1060. The second-order valence-electron chi connectivity index (χ2n) is 12.9. The van der Waals surface area contributed by atoms with Crippen molar-refractivity contribution in [2.45, 2.75) is 104 Å². The molecule has 41 heavy (non-hydrogen) atoms. The van der Waals surface area contributed by atoms with Crippen molar-refractivity contribution in [3.05, 3.63) is 58.9 Å². The van der Waals surface area contributed by atoms with E-state index in [4.69, 9.17) is 0 Å². The normalized spacial score (nSPS) is 25.5. The molecule has 1 aromatic rings. The number of rotatable bonds is 6. The Labute approximate surface area is 250 Å². The number of hydrogen-bond acceptors (Lipinski definition) is 5. The maximum absolute atomic E-state index is 13.2. The lowest BCUT2D eigenvalue weighted by Crippen LogP contribution is -2.32. The van der Waals surface area contributed by atoms with E-state index in [1.807, 2.05) is 0 Å². The molecule has 0 radical (unpaired) electrons. The highest BCUT2D eigenvalue weighted by Gasteiger charge is 2.22. The van der Waals surface area contributed by atoms with Crippen LogP contribution in [0.2, 0.25) is 0 Å². The predicted octanol–water partition coefficient (Wildman–Crippen LogP) is 7.12. The number of nitrogens with zero attached hydrogens (tertiary/aromatic N) is 3. The van der Waals surface area contributed by atoms with E-state index in [1.165, 1.54) is 23.1 Å². The summed E-state index contributed by atoms with van der Waals surface area (Å²) in [4.78, 5) is 33.7. The zero-order chi connectivity index (χ0) is 29.2. The van der Waals surface area contributed by atoms with Crippen molar-refractivity contribution in [2.75, 3.05) is 45.8 Å².